The number of hydrogen-bond donors (Lipinski definition) is 0. The lowest BCUT2D eigenvalue weighted by Crippen LogP contribution is -2.04. The molecule has 1 aromatic heterocycles. The van der Waals surface area contributed by atoms with E-state index in [-0.39, 0.29) is 5.69 Å². The van der Waals surface area contributed by atoms with Crippen LogP contribution < -0.4 is 0 Å². The summed E-state index contributed by atoms with van der Waals surface area (Å²) in [6.45, 7) is 3.95. The fourth-order valence-corrected chi connectivity index (χ4v) is 1.61. The van der Waals surface area contributed by atoms with Gasteiger partial charge in [0, 0.05) is 5.57 Å². The van der Waals surface area contributed by atoms with Gasteiger partial charge in [0.1, 0.15) is 6.26 Å². The van der Waals surface area contributed by atoms with Crippen molar-refractivity contribution in [1.82, 2.24) is 4.98 Å². The molecule has 4 nitrogen and oxygen atoms in total. The molecule has 0 spiro atoms. The molecule has 19 heavy (non-hydrogen) atoms. The summed E-state index contributed by atoms with van der Waals surface area (Å²) in [5, 5.41) is 0. The molecule has 0 aliphatic heterocycles. The highest BCUT2D eigenvalue weighted by Crippen LogP contribution is 2.17. The Morgan fingerprint density at radius 1 is 1.37 bits per heavy atom. The average molecular weight is 257 g/mol. The number of ether oxygens (including phenoxy) is 1. The van der Waals surface area contributed by atoms with Gasteiger partial charge in [-0.25, -0.2) is 9.78 Å². The molecule has 1 heterocycles. The first-order valence-corrected chi connectivity index (χ1v) is 6.07. The number of allylic oxidation sites excluding steroid dienone is 1. The number of nitrogens with zero attached hydrogens (tertiary/aromatic N) is 1. The van der Waals surface area contributed by atoms with Crippen LogP contribution in [0, 0.1) is 0 Å². The average Bonchev–Trinajstić information content (AvgIpc) is 2.90. The third-order valence-corrected chi connectivity index (χ3v) is 2.51. The molecule has 0 atom stereocenters. The molecule has 0 amide bonds. The Labute approximate surface area is 111 Å². The normalized spacial score (nSPS) is 11.4. The second-order valence-electron chi connectivity index (χ2n) is 4.00. The smallest absolute Gasteiger partial charge is 0.360 e. The van der Waals surface area contributed by atoms with E-state index in [2.05, 4.69) is 4.98 Å². The topological polar surface area (TPSA) is 52.3 Å². The van der Waals surface area contributed by atoms with Crippen molar-refractivity contribution in [2.24, 2.45) is 0 Å². The van der Waals surface area contributed by atoms with E-state index in [1.807, 2.05) is 43.3 Å². The van der Waals surface area contributed by atoms with E-state index in [4.69, 9.17) is 9.15 Å². The number of benzene rings is 1. The van der Waals surface area contributed by atoms with Gasteiger partial charge in [0.25, 0.3) is 0 Å². The van der Waals surface area contributed by atoms with E-state index in [0.717, 1.165) is 11.1 Å². The lowest BCUT2D eigenvalue weighted by molar-refractivity contribution is 0.0519. The van der Waals surface area contributed by atoms with Crippen LogP contribution >= 0.6 is 0 Å². The zero-order chi connectivity index (χ0) is 13.7. The number of carbonyl (C=O) groups excluding carboxylic acids is 1. The molecule has 2 aromatic rings. The van der Waals surface area contributed by atoms with Gasteiger partial charge in [-0.15, -0.1) is 0 Å². The Morgan fingerprint density at radius 3 is 2.79 bits per heavy atom. The molecule has 0 saturated carbocycles. The van der Waals surface area contributed by atoms with Gasteiger partial charge in [0.2, 0.25) is 5.89 Å². The second kappa shape index (κ2) is 6.00. The van der Waals surface area contributed by atoms with Crippen molar-refractivity contribution < 1.29 is 13.9 Å². The fraction of sp³-hybridized carbons (Fsp3) is 0.200. The van der Waals surface area contributed by atoms with E-state index in [9.17, 15) is 4.79 Å². The van der Waals surface area contributed by atoms with Gasteiger partial charge in [-0.2, -0.15) is 0 Å². The molecule has 0 aliphatic rings. The third kappa shape index (κ3) is 3.31. The summed E-state index contributed by atoms with van der Waals surface area (Å²) in [5.41, 5.74) is 2.09. The summed E-state index contributed by atoms with van der Waals surface area (Å²) in [7, 11) is 0. The second-order valence-corrected chi connectivity index (χ2v) is 4.00. The summed E-state index contributed by atoms with van der Waals surface area (Å²) in [5.74, 6) is -0.0445. The van der Waals surface area contributed by atoms with Crippen molar-refractivity contribution >= 4 is 17.6 Å². The Morgan fingerprint density at radius 2 is 2.11 bits per heavy atom. The predicted octanol–water partition coefficient (Wildman–Crippen LogP) is 3.41. The molecular weight excluding hydrogens is 242 g/mol. The number of carbonyl (C=O) groups is 1. The summed E-state index contributed by atoms with van der Waals surface area (Å²) in [4.78, 5) is 15.6. The predicted molar refractivity (Wildman–Crippen MR) is 72.4 cm³/mol. The van der Waals surface area contributed by atoms with E-state index in [1.165, 1.54) is 6.26 Å². The minimum absolute atomic E-state index is 0.192. The summed E-state index contributed by atoms with van der Waals surface area (Å²) in [6.07, 6.45) is 3.26. The molecule has 0 aliphatic carbocycles. The minimum atomic E-state index is -0.468. The van der Waals surface area contributed by atoms with Crippen LogP contribution in [0.1, 0.15) is 35.8 Å². The first-order valence-electron chi connectivity index (χ1n) is 6.07. The summed E-state index contributed by atoms with van der Waals surface area (Å²) in [6, 6.07) is 9.84. The Kier molecular flexibility index (Phi) is 4.13. The lowest BCUT2D eigenvalue weighted by Gasteiger charge is -1.96. The van der Waals surface area contributed by atoms with Crippen LogP contribution in [-0.4, -0.2) is 17.6 Å². The van der Waals surface area contributed by atoms with Crippen molar-refractivity contribution in [3.8, 4) is 0 Å². The standard InChI is InChI=1S/C15H15NO3/c1-3-18-15(17)13-10-19-14(16-13)11(2)9-12-7-5-4-6-8-12/h4-10H,3H2,1-2H3. The van der Waals surface area contributed by atoms with Crippen LogP contribution in [0.4, 0.5) is 0 Å². The molecule has 0 saturated heterocycles. The zero-order valence-corrected chi connectivity index (χ0v) is 10.9. The minimum Gasteiger partial charge on any atom is -0.461 e. The molecule has 0 N–H and O–H groups in total. The van der Waals surface area contributed by atoms with Gasteiger partial charge in [-0.3, -0.25) is 0 Å². The lowest BCUT2D eigenvalue weighted by atomic mass is 10.1. The Bertz CT molecular complexity index is 584. The number of aromatic nitrogens is 1. The molecule has 0 bridgehead atoms. The molecule has 4 heteroatoms. The SMILES string of the molecule is CCOC(=O)c1coc(C(C)=Cc2ccccc2)n1. The van der Waals surface area contributed by atoms with Gasteiger partial charge < -0.3 is 9.15 Å². The van der Waals surface area contributed by atoms with Gasteiger partial charge >= 0.3 is 5.97 Å². The van der Waals surface area contributed by atoms with Crippen molar-refractivity contribution in [1.29, 1.82) is 0 Å². The maximum atomic E-state index is 11.5. The van der Waals surface area contributed by atoms with Gasteiger partial charge in [0.15, 0.2) is 5.69 Å². The van der Waals surface area contributed by atoms with E-state index < -0.39 is 5.97 Å². The molecule has 2 rings (SSSR count). The molecule has 98 valence electrons. The highest BCUT2D eigenvalue weighted by Gasteiger charge is 2.13. The first-order chi connectivity index (χ1) is 9.20. The zero-order valence-electron chi connectivity index (χ0n) is 10.9. The van der Waals surface area contributed by atoms with Gasteiger partial charge in [0.05, 0.1) is 6.61 Å². The van der Waals surface area contributed by atoms with Crippen LogP contribution in [0.5, 0.6) is 0 Å². The van der Waals surface area contributed by atoms with E-state index in [1.54, 1.807) is 6.92 Å². The van der Waals surface area contributed by atoms with Crippen molar-refractivity contribution in [3.05, 3.63) is 53.7 Å². The fourth-order valence-electron chi connectivity index (χ4n) is 1.61. The molecule has 1 aromatic carbocycles. The van der Waals surface area contributed by atoms with Crippen LogP contribution in [0.25, 0.3) is 11.6 Å². The van der Waals surface area contributed by atoms with Crippen molar-refractivity contribution in [3.63, 3.8) is 0 Å². The number of rotatable bonds is 4. The highest BCUT2D eigenvalue weighted by atomic mass is 16.5. The van der Waals surface area contributed by atoms with Crippen LogP contribution in [0.2, 0.25) is 0 Å². The molecule has 0 radical (unpaired) electrons. The highest BCUT2D eigenvalue weighted by molar-refractivity contribution is 5.87. The van der Waals surface area contributed by atoms with Crippen molar-refractivity contribution in [2.45, 2.75) is 13.8 Å². The number of hydrogen-bond acceptors (Lipinski definition) is 4. The van der Waals surface area contributed by atoms with Crippen LogP contribution in [-0.2, 0) is 4.74 Å². The third-order valence-electron chi connectivity index (χ3n) is 2.51. The Hall–Kier alpha value is -2.36. The molecule has 0 fully saturated rings. The van der Waals surface area contributed by atoms with Crippen molar-refractivity contribution in [2.75, 3.05) is 6.61 Å². The summed E-state index contributed by atoms with van der Waals surface area (Å²) >= 11 is 0. The quantitative estimate of drug-likeness (QED) is 0.787. The number of esters is 1. The van der Waals surface area contributed by atoms with E-state index in [0.29, 0.717) is 12.5 Å². The van der Waals surface area contributed by atoms with Crippen LogP contribution in [0.3, 0.4) is 0 Å². The largest absolute Gasteiger partial charge is 0.461 e. The first kappa shape index (κ1) is 13.1. The van der Waals surface area contributed by atoms with Gasteiger partial charge in [-0.1, -0.05) is 30.3 Å². The van der Waals surface area contributed by atoms with Crippen LogP contribution in [0.15, 0.2) is 41.0 Å². The Balaban J connectivity index is 2.19. The maximum absolute atomic E-state index is 11.5. The molecule has 0 unspecified atom stereocenters. The maximum Gasteiger partial charge on any atom is 0.360 e. The summed E-state index contributed by atoms with van der Waals surface area (Å²) < 4.78 is 10.1. The van der Waals surface area contributed by atoms with E-state index >= 15 is 0 Å². The monoisotopic (exact) mass is 257 g/mol. The molecular formula is C15H15NO3. The van der Waals surface area contributed by atoms with Gasteiger partial charge in [-0.05, 0) is 25.5 Å². The number of oxazole rings is 1.